The standard InChI is InChI=1S/C9H18N4O3/c10-8(11-16)7-9(15)13-3-1-12(2-4-13)5-6-14/h14,16H,1-7H2,(H2,10,11). The molecule has 92 valence electrons. The molecule has 1 aliphatic rings. The van der Waals surface area contributed by atoms with Crippen molar-refractivity contribution in [2.24, 2.45) is 10.9 Å². The average Bonchev–Trinajstić information content (AvgIpc) is 2.30. The quantitative estimate of drug-likeness (QED) is 0.230. The molecule has 1 saturated heterocycles. The van der Waals surface area contributed by atoms with E-state index in [1.165, 1.54) is 0 Å². The monoisotopic (exact) mass is 230 g/mol. The molecule has 0 aliphatic carbocycles. The summed E-state index contributed by atoms with van der Waals surface area (Å²) in [4.78, 5) is 15.4. The van der Waals surface area contributed by atoms with Gasteiger partial charge in [0.05, 0.1) is 13.0 Å². The molecule has 0 aromatic carbocycles. The van der Waals surface area contributed by atoms with Crippen LogP contribution in [0.25, 0.3) is 0 Å². The van der Waals surface area contributed by atoms with E-state index in [4.69, 9.17) is 16.0 Å². The zero-order valence-electron chi connectivity index (χ0n) is 9.17. The van der Waals surface area contributed by atoms with Crippen molar-refractivity contribution in [1.82, 2.24) is 9.80 Å². The van der Waals surface area contributed by atoms with Crippen molar-refractivity contribution in [2.45, 2.75) is 6.42 Å². The molecule has 1 heterocycles. The van der Waals surface area contributed by atoms with Gasteiger partial charge in [-0.1, -0.05) is 5.16 Å². The molecule has 4 N–H and O–H groups in total. The van der Waals surface area contributed by atoms with Gasteiger partial charge in [0, 0.05) is 32.7 Å². The van der Waals surface area contributed by atoms with Crippen LogP contribution in [0.3, 0.4) is 0 Å². The minimum atomic E-state index is -0.126. The summed E-state index contributed by atoms with van der Waals surface area (Å²) in [5, 5.41) is 19.9. The highest BCUT2D eigenvalue weighted by Gasteiger charge is 2.21. The molecule has 0 unspecified atom stereocenters. The highest BCUT2D eigenvalue weighted by Crippen LogP contribution is 2.03. The van der Waals surface area contributed by atoms with Gasteiger partial charge in [-0.3, -0.25) is 9.69 Å². The van der Waals surface area contributed by atoms with Crippen LogP contribution in [0.2, 0.25) is 0 Å². The molecule has 1 aliphatic heterocycles. The molecule has 1 fully saturated rings. The number of piperazine rings is 1. The molecule has 16 heavy (non-hydrogen) atoms. The molecule has 7 heteroatoms. The second-order valence-electron chi connectivity index (χ2n) is 3.71. The Morgan fingerprint density at radius 3 is 2.44 bits per heavy atom. The second kappa shape index (κ2) is 6.29. The maximum atomic E-state index is 11.6. The highest BCUT2D eigenvalue weighted by atomic mass is 16.4. The number of aliphatic hydroxyl groups is 1. The zero-order chi connectivity index (χ0) is 12.0. The molecule has 0 aromatic heterocycles. The molecule has 1 rings (SSSR count). The van der Waals surface area contributed by atoms with Crippen LogP contribution in [0, 0.1) is 0 Å². The van der Waals surface area contributed by atoms with Crippen LogP contribution in [0.1, 0.15) is 6.42 Å². The number of amidine groups is 1. The Labute approximate surface area is 94.1 Å². The van der Waals surface area contributed by atoms with Gasteiger partial charge >= 0.3 is 0 Å². The van der Waals surface area contributed by atoms with Gasteiger partial charge in [0.15, 0.2) is 0 Å². The van der Waals surface area contributed by atoms with E-state index in [9.17, 15) is 4.79 Å². The summed E-state index contributed by atoms with van der Waals surface area (Å²) in [6.45, 7) is 3.53. The first-order valence-electron chi connectivity index (χ1n) is 5.24. The topological polar surface area (TPSA) is 102 Å². The van der Waals surface area contributed by atoms with Gasteiger partial charge in [-0.2, -0.15) is 0 Å². The Hall–Kier alpha value is -1.34. The van der Waals surface area contributed by atoms with Gasteiger partial charge < -0.3 is 20.9 Å². The Morgan fingerprint density at radius 2 is 1.94 bits per heavy atom. The number of amides is 1. The summed E-state index contributed by atoms with van der Waals surface area (Å²) in [7, 11) is 0. The zero-order valence-corrected chi connectivity index (χ0v) is 9.17. The first-order valence-corrected chi connectivity index (χ1v) is 5.24. The molecule has 0 spiro atoms. The predicted molar refractivity (Wildman–Crippen MR) is 58.1 cm³/mol. The van der Waals surface area contributed by atoms with Crippen LogP contribution in [0.15, 0.2) is 5.16 Å². The Morgan fingerprint density at radius 1 is 1.31 bits per heavy atom. The van der Waals surface area contributed by atoms with E-state index in [1.54, 1.807) is 4.90 Å². The Balaban J connectivity index is 2.33. The number of carbonyl (C=O) groups excluding carboxylic acids is 1. The minimum Gasteiger partial charge on any atom is -0.409 e. The van der Waals surface area contributed by atoms with E-state index < -0.39 is 0 Å². The van der Waals surface area contributed by atoms with Crippen LogP contribution in [-0.2, 0) is 4.79 Å². The number of carbonyl (C=O) groups is 1. The number of hydrogen-bond donors (Lipinski definition) is 3. The summed E-state index contributed by atoms with van der Waals surface area (Å²) in [6.07, 6.45) is -0.0451. The summed E-state index contributed by atoms with van der Waals surface area (Å²) in [5.41, 5.74) is 5.26. The van der Waals surface area contributed by atoms with Crippen LogP contribution in [0.5, 0.6) is 0 Å². The Bertz CT molecular complexity index is 261. The van der Waals surface area contributed by atoms with Crippen LogP contribution in [0.4, 0.5) is 0 Å². The van der Waals surface area contributed by atoms with E-state index in [2.05, 4.69) is 10.1 Å². The third-order valence-corrected chi connectivity index (χ3v) is 2.60. The van der Waals surface area contributed by atoms with Crippen molar-refractivity contribution in [3.05, 3.63) is 0 Å². The van der Waals surface area contributed by atoms with Gasteiger partial charge in [0.1, 0.15) is 5.84 Å². The van der Waals surface area contributed by atoms with Crippen molar-refractivity contribution in [2.75, 3.05) is 39.3 Å². The number of β-amino-alcohol motifs (C(OH)–C–C–N with tert-alkyl or cyclic N) is 1. The van der Waals surface area contributed by atoms with Crippen molar-refractivity contribution < 1.29 is 15.1 Å². The van der Waals surface area contributed by atoms with E-state index >= 15 is 0 Å². The fraction of sp³-hybridized carbons (Fsp3) is 0.778. The number of nitrogens with zero attached hydrogens (tertiary/aromatic N) is 3. The van der Waals surface area contributed by atoms with Gasteiger partial charge in [-0.15, -0.1) is 0 Å². The molecule has 0 radical (unpaired) electrons. The molecule has 0 aromatic rings. The number of oxime groups is 1. The first kappa shape index (κ1) is 12.7. The molecule has 7 nitrogen and oxygen atoms in total. The Kier molecular flexibility index (Phi) is 5.00. The lowest BCUT2D eigenvalue weighted by Gasteiger charge is -2.34. The van der Waals surface area contributed by atoms with Crippen LogP contribution >= 0.6 is 0 Å². The SMILES string of the molecule is N/C(CC(=O)N1CCN(CCO)CC1)=N\O. The van der Waals surface area contributed by atoms with Crippen LogP contribution in [-0.4, -0.2) is 71.2 Å². The summed E-state index contributed by atoms with van der Waals surface area (Å²) >= 11 is 0. The molecular weight excluding hydrogens is 212 g/mol. The number of nitrogens with two attached hydrogens (primary N) is 1. The van der Waals surface area contributed by atoms with Crippen molar-refractivity contribution in [1.29, 1.82) is 0 Å². The molecule has 0 atom stereocenters. The van der Waals surface area contributed by atoms with E-state index in [1.807, 2.05) is 0 Å². The van der Waals surface area contributed by atoms with Crippen molar-refractivity contribution >= 4 is 11.7 Å². The maximum Gasteiger partial charge on any atom is 0.230 e. The highest BCUT2D eigenvalue weighted by molar-refractivity contribution is 5.98. The summed E-state index contributed by atoms with van der Waals surface area (Å²) < 4.78 is 0. The lowest BCUT2D eigenvalue weighted by atomic mass is 10.2. The molecule has 1 amide bonds. The fourth-order valence-corrected chi connectivity index (χ4v) is 1.66. The normalized spacial score (nSPS) is 18.8. The number of rotatable bonds is 4. The number of aliphatic hydroxyl groups excluding tert-OH is 1. The van der Waals surface area contributed by atoms with Crippen molar-refractivity contribution in [3.8, 4) is 0 Å². The van der Waals surface area contributed by atoms with Crippen LogP contribution < -0.4 is 5.73 Å². The predicted octanol–water partition coefficient (Wildman–Crippen LogP) is -1.74. The molecular formula is C9H18N4O3. The maximum absolute atomic E-state index is 11.6. The van der Waals surface area contributed by atoms with Gasteiger partial charge in [-0.05, 0) is 0 Å². The second-order valence-corrected chi connectivity index (χ2v) is 3.71. The summed E-state index contributed by atoms with van der Waals surface area (Å²) in [6, 6.07) is 0. The van der Waals surface area contributed by atoms with Crippen molar-refractivity contribution in [3.63, 3.8) is 0 Å². The largest absolute Gasteiger partial charge is 0.409 e. The van der Waals surface area contributed by atoms with E-state index in [-0.39, 0.29) is 24.8 Å². The number of hydrogen-bond acceptors (Lipinski definition) is 5. The third-order valence-electron chi connectivity index (χ3n) is 2.60. The minimum absolute atomic E-state index is 0.0451. The van der Waals surface area contributed by atoms with E-state index in [0.717, 1.165) is 13.1 Å². The fourth-order valence-electron chi connectivity index (χ4n) is 1.66. The average molecular weight is 230 g/mol. The summed E-state index contributed by atoms with van der Waals surface area (Å²) in [5.74, 6) is -0.193. The van der Waals surface area contributed by atoms with E-state index in [0.29, 0.717) is 19.6 Å². The molecule has 0 bridgehead atoms. The first-order chi connectivity index (χ1) is 7.67. The third kappa shape index (κ3) is 3.67. The lowest BCUT2D eigenvalue weighted by Crippen LogP contribution is -2.49. The molecule has 0 saturated carbocycles. The lowest BCUT2D eigenvalue weighted by molar-refractivity contribution is -0.131. The van der Waals surface area contributed by atoms with Gasteiger partial charge in [0.25, 0.3) is 0 Å². The smallest absolute Gasteiger partial charge is 0.230 e. The van der Waals surface area contributed by atoms with Gasteiger partial charge in [-0.25, -0.2) is 0 Å². The van der Waals surface area contributed by atoms with Gasteiger partial charge in [0.2, 0.25) is 5.91 Å².